The summed E-state index contributed by atoms with van der Waals surface area (Å²) in [5, 5.41) is 22.7. The third-order valence-corrected chi connectivity index (χ3v) is 3.76. The average molecular weight is 313 g/mol. The second kappa shape index (κ2) is 5.89. The molecule has 0 aliphatic carbocycles. The lowest BCUT2D eigenvalue weighted by Gasteiger charge is -2.08. The number of thiophene rings is 1. The first-order chi connectivity index (χ1) is 9.47. The summed E-state index contributed by atoms with van der Waals surface area (Å²) in [5.41, 5.74) is 0.0242. The normalized spacial score (nSPS) is 10.2. The zero-order chi connectivity index (χ0) is 14.7. The minimum Gasteiger partial charge on any atom is -0.478 e. The molecule has 1 aromatic carbocycles. The number of hydrogen-bond donors (Lipinski definition) is 2. The van der Waals surface area contributed by atoms with E-state index in [1.54, 1.807) is 12.1 Å². The molecule has 2 rings (SSSR count). The lowest BCUT2D eigenvalue weighted by Crippen LogP contribution is -2.06. The molecule has 0 radical (unpaired) electrons. The van der Waals surface area contributed by atoms with Crippen molar-refractivity contribution in [2.75, 3.05) is 5.32 Å². The van der Waals surface area contributed by atoms with Crippen LogP contribution in [0.25, 0.3) is 0 Å². The Labute approximate surface area is 122 Å². The Morgan fingerprint density at radius 2 is 2.15 bits per heavy atom. The third kappa shape index (κ3) is 3.25. The molecule has 1 heterocycles. The van der Waals surface area contributed by atoms with Crippen molar-refractivity contribution in [3.8, 4) is 0 Å². The Morgan fingerprint density at radius 3 is 2.70 bits per heavy atom. The van der Waals surface area contributed by atoms with Gasteiger partial charge in [-0.3, -0.25) is 10.1 Å². The van der Waals surface area contributed by atoms with Crippen LogP contribution in [0.1, 0.15) is 15.2 Å². The number of nitro groups is 1. The Morgan fingerprint density at radius 1 is 1.40 bits per heavy atom. The van der Waals surface area contributed by atoms with Gasteiger partial charge in [0.05, 0.1) is 20.5 Å². The number of nitrogens with one attached hydrogen (secondary N) is 1. The molecule has 0 atom stereocenters. The number of benzene rings is 1. The van der Waals surface area contributed by atoms with E-state index < -0.39 is 10.9 Å². The van der Waals surface area contributed by atoms with Crippen molar-refractivity contribution in [2.24, 2.45) is 0 Å². The number of rotatable bonds is 5. The first-order valence-corrected chi connectivity index (χ1v) is 6.66. The Kier molecular flexibility index (Phi) is 4.21. The molecule has 8 heteroatoms. The maximum absolute atomic E-state index is 11.1. The van der Waals surface area contributed by atoms with Gasteiger partial charge in [-0.2, -0.15) is 0 Å². The maximum Gasteiger partial charge on any atom is 0.337 e. The van der Waals surface area contributed by atoms with Crippen LogP contribution in [0.15, 0.2) is 30.3 Å². The molecule has 0 amide bonds. The van der Waals surface area contributed by atoms with Crippen molar-refractivity contribution < 1.29 is 14.8 Å². The number of carboxylic acids is 1. The van der Waals surface area contributed by atoms with Crippen LogP contribution in [-0.4, -0.2) is 16.0 Å². The van der Waals surface area contributed by atoms with Crippen LogP contribution in [0.3, 0.4) is 0 Å². The Balaban J connectivity index is 2.25. The molecular formula is C12H9ClN2O4S. The molecule has 0 fully saturated rings. The molecule has 6 nitrogen and oxygen atoms in total. The second-order valence-electron chi connectivity index (χ2n) is 3.85. The molecular weight excluding hydrogens is 304 g/mol. The van der Waals surface area contributed by atoms with Crippen LogP contribution in [0, 0.1) is 10.1 Å². The number of aromatic carboxylic acids is 1. The van der Waals surface area contributed by atoms with E-state index in [-0.39, 0.29) is 16.9 Å². The van der Waals surface area contributed by atoms with Crippen molar-refractivity contribution in [3.63, 3.8) is 0 Å². The van der Waals surface area contributed by atoms with Crippen LogP contribution in [-0.2, 0) is 6.54 Å². The fourth-order valence-corrected chi connectivity index (χ4v) is 2.63. The van der Waals surface area contributed by atoms with E-state index >= 15 is 0 Å². The summed E-state index contributed by atoms with van der Waals surface area (Å²) in [6, 6.07) is 7.12. The number of halogens is 1. The predicted octanol–water partition coefficient (Wildman–Crippen LogP) is 3.62. The van der Waals surface area contributed by atoms with Gasteiger partial charge in [0.25, 0.3) is 5.69 Å². The van der Waals surface area contributed by atoms with E-state index in [1.165, 1.54) is 23.5 Å². The number of anilines is 1. The minimum absolute atomic E-state index is 0.0155. The first kappa shape index (κ1) is 14.3. The summed E-state index contributed by atoms with van der Waals surface area (Å²) < 4.78 is 0.624. The zero-order valence-corrected chi connectivity index (χ0v) is 11.6. The molecule has 0 bridgehead atoms. The largest absolute Gasteiger partial charge is 0.478 e. The van der Waals surface area contributed by atoms with Gasteiger partial charge in [-0.1, -0.05) is 11.6 Å². The number of carboxylic acid groups (broad SMARTS) is 1. The van der Waals surface area contributed by atoms with Crippen molar-refractivity contribution in [2.45, 2.75) is 6.54 Å². The van der Waals surface area contributed by atoms with Crippen molar-refractivity contribution in [1.29, 1.82) is 0 Å². The van der Waals surface area contributed by atoms with Crippen LogP contribution in [0.4, 0.5) is 11.4 Å². The van der Waals surface area contributed by atoms with E-state index in [2.05, 4.69) is 5.32 Å². The Hall–Kier alpha value is -2.12. The highest BCUT2D eigenvalue weighted by Crippen LogP contribution is 2.26. The molecule has 0 spiro atoms. The van der Waals surface area contributed by atoms with Crippen LogP contribution in [0.2, 0.25) is 4.34 Å². The van der Waals surface area contributed by atoms with Crippen molar-refractivity contribution in [3.05, 3.63) is 55.2 Å². The van der Waals surface area contributed by atoms with Crippen LogP contribution in [0.5, 0.6) is 0 Å². The average Bonchev–Trinajstić information content (AvgIpc) is 2.81. The quantitative estimate of drug-likeness (QED) is 0.649. The molecule has 1 aromatic heterocycles. The number of nitrogens with zero attached hydrogens (tertiary/aromatic N) is 1. The van der Waals surface area contributed by atoms with Crippen molar-refractivity contribution in [1.82, 2.24) is 0 Å². The highest BCUT2D eigenvalue weighted by Gasteiger charge is 2.15. The van der Waals surface area contributed by atoms with Gasteiger partial charge >= 0.3 is 5.97 Å². The zero-order valence-electron chi connectivity index (χ0n) is 10.00. The van der Waals surface area contributed by atoms with E-state index in [1.807, 2.05) is 0 Å². The molecule has 0 aliphatic rings. The fourth-order valence-electron chi connectivity index (χ4n) is 1.61. The maximum atomic E-state index is 11.1. The molecule has 0 saturated carbocycles. The molecule has 20 heavy (non-hydrogen) atoms. The van der Waals surface area contributed by atoms with Gasteiger partial charge in [-0.05, 0) is 18.2 Å². The summed E-state index contributed by atoms with van der Waals surface area (Å²) in [6.45, 7) is 0.346. The van der Waals surface area contributed by atoms with E-state index in [9.17, 15) is 14.9 Å². The van der Waals surface area contributed by atoms with Gasteiger partial charge in [-0.25, -0.2) is 4.79 Å². The molecule has 0 aliphatic heterocycles. The van der Waals surface area contributed by atoms with Crippen LogP contribution < -0.4 is 5.32 Å². The van der Waals surface area contributed by atoms with Gasteiger partial charge in [0.1, 0.15) is 0 Å². The summed E-state index contributed by atoms with van der Waals surface area (Å²) in [6.07, 6.45) is 0. The lowest BCUT2D eigenvalue weighted by atomic mass is 10.1. The summed E-state index contributed by atoms with van der Waals surface area (Å²) in [4.78, 5) is 22.1. The highest BCUT2D eigenvalue weighted by molar-refractivity contribution is 7.16. The standard InChI is InChI=1S/C12H9ClN2O4S/c13-11-4-2-8(20-11)6-14-10-5-7(15(18)19)1-3-9(10)12(16)17/h1-5,14H,6H2,(H,16,17). The minimum atomic E-state index is -1.15. The fraction of sp³-hybridized carbons (Fsp3) is 0.0833. The SMILES string of the molecule is O=C(O)c1ccc([N+](=O)[O-])cc1NCc1ccc(Cl)s1. The number of hydrogen-bond acceptors (Lipinski definition) is 5. The van der Waals surface area contributed by atoms with E-state index in [0.717, 1.165) is 10.9 Å². The first-order valence-electron chi connectivity index (χ1n) is 5.47. The van der Waals surface area contributed by atoms with Gasteiger partial charge in [0.15, 0.2) is 0 Å². The Bertz CT molecular complexity index is 671. The van der Waals surface area contributed by atoms with Gasteiger partial charge in [0, 0.05) is 23.6 Å². The number of nitro benzene ring substituents is 1. The molecule has 2 aromatic rings. The predicted molar refractivity (Wildman–Crippen MR) is 76.7 cm³/mol. The molecule has 0 saturated heterocycles. The van der Waals surface area contributed by atoms with Crippen molar-refractivity contribution >= 4 is 40.3 Å². The topological polar surface area (TPSA) is 92.5 Å². The van der Waals surface area contributed by atoms with Gasteiger partial charge in [0.2, 0.25) is 0 Å². The number of non-ortho nitro benzene ring substituents is 1. The second-order valence-corrected chi connectivity index (χ2v) is 5.65. The summed E-state index contributed by atoms with van der Waals surface area (Å²) >= 11 is 7.15. The van der Waals surface area contributed by atoms with E-state index in [0.29, 0.717) is 10.9 Å². The monoisotopic (exact) mass is 312 g/mol. The molecule has 0 unspecified atom stereocenters. The van der Waals surface area contributed by atoms with Crippen LogP contribution >= 0.6 is 22.9 Å². The molecule has 104 valence electrons. The van der Waals surface area contributed by atoms with Gasteiger partial charge < -0.3 is 10.4 Å². The lowest BCUT2D eigenvalue weighted by molar-refractivity contribution is -0.384. The smallest absolute Gasteiger partial charge is 0.337 e. The summed E-state index contributed by atoms with van der Waals surface area (Å²) in [5.74, 6) is -1.15. The van der Waals surface area contributed by atoms with Gasteiger partial charge in [-0.15, -0.1) is 11.3 Å². The molecule has 2 N–H and O–H groups in total. The summed E-state index contributed by atoms with van der Waals surface area (Å²) in [7, 11) is 0. The highest BCUT2D eigenvalue weighted by atomic mass is 35.5. The number of carbonyl (C=O) groups is 1. The third-order valence-electron chi connectivity index (χ3n) is 2.53. The van der Waals surface area contributed by atoms with E-state index in [4.69, 9.17) is 16.7 Å².